The maximum absolute atomic E-state index is 13.6. The first-order chi connectivity index (χ1) is 10.0. The maximum atomic E-state index is 13.6. The lowest BCUT2D eigenvalue weighted by molar-refractivity contribution is 0.546. The summed E-state index contributed by atoms with van der Waals surface area (Å²) in [6.07, 6.45) is 0.632. The van der Waals surface area contributed by atoms with Crippen LogP contribution in [-0.2, 0) is 6.42 Å². The Hall–Kier alpha value is -0.420. The fourth-order valence-corrected chi connectivity index (χ4v) is 3.79. The zero-order chi connectivity index (χ0) is 15.4. The summed E-state index contributed by atoms with van der Waals surface area (Å²) in [6.45, 7) is 2.87. The van der Waals surface area contributed by atoms with Gasteiger partial charge in [0.25, 0.3) is 0 Å². The van der Waals surface area contributed by atoms with Crippen molar-refractivity contribution in [3.05, 3.63) is 67.3 Å². The molecule has 2 aromatic carbocycles. The van der Waals surface area contributed by atoms with Crippen molar-refractivity contribution in [1.29, 1.82) is 0 Å². The van der Waals surface area contributed by atoms with Gasteiger partial charge in [0, 0.05) is 15.0 Å². The van der Waals surface area contributed by atoms with Crippen LogP contribution in [0, 0.1) is 5.82 Å². The van der Waals surface area contributed by atoms with Gasteiger partial charge in [0.2, 0.25) is 0 Å². The van der Waals surface area contributed by atoms with Crippen molar-refractivity contribution in [2.75, 3.05) is 6.54 Å². The van der Waals surface area contributed by atoms with Gasteiger partial charge in [0.05, 0.1) is 5.02 Å². The molecule has 0 aromatic heterocycles. The first-order valence-corrected chi connectivity index (χ1v) is 8.60. The Labute approximate surface area is 146 Å². The quantitative estimate of drug-likeness (QED) is 0.617. The predicted octanol–water partition coefficient (Wildman–Crippen LogP) is 5.90. The van der Waals surface area contributed by atoms with E-state index in [4.69, 9.17) is 11.6 Å². The molecule has 112 valence electrons. The van der Waals surface area contributed by atoms with Crippen molar-refractivity contribution in [3.63, 3.8) is 0 Å². The molecular weight excluding hydrogens is 420 g/mol. The van der Waals surface area contributed by atoms with Crippen LogP contribution >= 0.6 is 43.5 Å². The molecule has 0 radical (unpaired) electrons. The number of nitrogens with one attached hydrogen (secondary N) is 1. The number of halogens is 4. The number of hydrogen-bond donors (Lipinski definition) is 1. The van der Waals surface area contributed by atoms with Gasteiger partial charge in [-0.05, 0) is 48.4 Å². The second kappa shape index (κ2) is 7.73. The van der Waals surface area contributed by atoms with Crippen LogP contribution < -0.4 is 5.32 Å². The zero-order valence-corrected chi connectivity index (χ0v) is 15.4. The van der Waals surface area contributed by atoms with Crippen LogP contribution in [0.15, 0.2) is 45.3 Å². The lowest BCUT2D eigenvalue weighted by atomic mass is 9.98. The third-order valence-electron chi connectivity index (χ3n) is 3.19. The molecule has 0 aliphatic heterocycles. The highest BCUT2D eigenvalue weighted by Gasteiger charge is 2.15. The smallest absolute Gasteiger partial charge is 0.142 e. The van der Waals surface area contributed by atoms with Crippen LogP contribution in [0.4, 0.5) is 4.39 Å². The third kappa shape index (κ3) is 4.52. The predicted molar refractivity (Wildman–Crippen MR) is 93.4 cm³/mol. The van der Waals surface area contributed by atoms with Gasteiger partial charge >= 0.3 is 0 Å². The molecule has 0 heterocycles. The summed E-state index contributed by atoms with van der Waals surface area (Å²) >= 11 is 13.1. The minimum Gasteiger partial charge on any atom is -0.310 e. The second-order valence-corrected chi connectivity index (χ2v) is 6.94. The topological polar surface area (TPSA) is 12.0 Å². The lowest BCUT2D eigenvalue weighted by Crippen LogP contribution is -2.23. The standard InChI is InChI=1S/C16H15Br2ClFN/c1-2-21-15(11-6-12(17)9-13(18)7-11)8-10-4-3-5-14(20)16(10)19/h3-7,9,15,21H,2,8H2,1H3. The molecule has 0 amide bonds. The summed E-state index contributed by atoms with van der Waals surface area (Å²) < 4.78 is 15.6. The molecule has 0 saturated carbocycles. The summed E-state index contributed by atoms with van der Waals surface area (Å²) in [5.41, 5.74) is 1.93. The molecule has 0 bridgehead atoms. The second-order valence-electron chi connectivity index (χ2n) is 4.73. The number of rotatable bonds is 5. The Morgan fingerprint density at radius 2 is 1.86 bits per heavy atom. The third-order valence-corrected chi connectivity index (χ3v) is 4.53. The van der Waals surface area contributed by atoms with Crippen molar-refractivity contribution < 1.29 is 4.39 Å². The van der Waals surface area contributed by atoms with Gasteiger partial charge in [0.15, 0.2) is 0 Å². The summed E-state index contributed by atoms with van der Waals surface area (Å²) in [5.74, 6) is -0.375. The van der Waals surface area contributed by atoms with Crippen molar-refractivity contribution >= 4 is 43.5 Å². The molecular formula is C16H15Br2ClFN. The van der Waals surface area contributed by atoms with Crippen LogP contribution in [0.1, 0.15) is 24.1 Å². The summed E-state index contributed by atoms with van der Waals surface area (Å²) in [7, 11) is 0. The highest BCUT2D eigenvalue weighted by molar-refractivity contribution is 9.11. The fraction of sp³-hybridized carbons (Fsp3) is 0.250. The van der Waals surface area contributed by atoms with Crippen molar-refractivity contribution in [2.45, 2.75) is 19.4 Å². The first kappa shape index (κ1) is 16.9. The Morgan fingerprint density at radius 3 is 2.48 bits per heavy atom. The minimum atomic E-state index is -0.375. The van der Waals surface area contributed by atoms with Gasteiger partial charge in [-0.1, -0.05) is 62.5 Å². The van der Waals surface area contributed by atoms with Crippen LogP contribution in [0.2, 0.25) is 5.02 Å². The average molecular weight is 436 g/mol. The lowest BCUT2D eigenvalue weighted by Gasteiger charge is -2.20. The van der Waals surface area contributed by atoms with Gasteiger partial charge in [-0.15, -0.1) is 0 Å². The molecule has 21 heavy (non-hydrogen) atoms. The van der Waals surface area contributed by atoms with Crippen molar-refractivity contribution in [3.8, 4) is 0 Å². The van der Waals surface area contributed by atoms with Gasteiger partial charge in [-0.25, -0.2) is 4.39 Å². The van der Waals surface area contributed by atoms with Crippen LogP contribution in [0.5, 0.6) is 0 Å². The molecule has 5 heteroatoms. The van der Waals surface area contributed by atoms with E-state index in [1.54, 1.807) is 6.07 Å². The Bertz CT molecular complexity index is 613. The molecule has 2 aromatic rings. The molecule has 0 spiro atoms. The summed E-state index contributed by atoms with van der Waals surface area (Å²) in [4.78, 5) is 0. The van der Waals surface area contributed by atoms with Crippen LogP contribution in [-0.4, -0.2) is 6.54 Å². The number of benzene rings is 2. The van der Waals surface area contributed by atoms with Crippen LogP contribution in [0.25, 0.3) is 0 Å². The van der Waals surface area contributed by atoms with Gasteiger partial charge in [-0.3, -0.25) is 0 Å². The van der Waals surface area contributed by atoms with E-state index < -0.39 is 0 Å². The largest absolute Gasteiger partial charge is 0.310 e. The Kier molecular flexibility index (Phi) is 6.23. The molecule has 1 N–H and O–H groups in total. The highest BCUT2D eigenvalue weighted by atomic mass is 79.9. The van der Waals surface area contributed by atoms with E-state index in [9.17, 15) is 4.39 Å². The van der Waals surface area contributed by atoms with Crippen LogP contribution in [0.3, 0.4) is 0 Å². The van der Waals surface area contributed by atoms with E-state index in [2.05, 4.69) is 49.3 Å². The zero-order valence-electron chi connectivity index (χ0n) is 11.5. The molecule has 1 nitrogen and oxygen atoms in total. The normalized spacial score (nSPS) is 12.4. The van der Waals surface area contributed by atoms with Crippen molar-refractivity contribution in [2.24, 2.45) is 0 Å². The average Bonchev–Trinajstić information content (AvgIpc) is 2.42. The first-order valence-electron chi connectivity index (χ1n) is 6.63. The molecule has 0 aliphatic rings. The molecule has 0 aliphatic carbocycles. The van der Waals surface area contributed by atoms with Crippen molar-refractivity contribution in [1.82, 2.24) is 5.32 Å². The van der Waals surface area contributed by atoms with E-state index in [-0.39, 0.29) is 16.9 Å². The van der Waals surface area contributed by atoms with Gasteiger partial charge < -0.3 is 5.32 Å². The molecule has 1 unspecified atom stereocenters. The van der Waals surface area contributed by atoms with Gasteiger partial charge in [-0.2, -0.15) is 0 Å². The van der Waals surface area contributed by atoms with E-state index in [1.165, 1.54) is 6.07 Å². The van der Waals surface area contributed by atoms with E-state index in [0.29, 0.717) is 6.42 Å². The van der Waals surface area contributed by atoms with E-state index in [1.807, 2.05) is 19.1 Å². The van der Waals surface area contributed by atoms with E-state index in [0.717, 1.165) is 26.6 Å². The summed E-state index contributed by atoms with van der Waals surface area (Å²) in [5, 5.41) is 3.63. The molecule has 1 atom stereocenters. The minimum absolute atomic E-state index is 0.0723. The van der Waals surface area contributed by atoms with Gasteiger partial charge in [0.1, 0.15) is 5.82 Å². The number of likely N-dealkylation sites (N-methyl/N-ethyl adjacent to an activating group) is 1. The molecule has 0 fully saturated rings. The Balaban J connectivity index is 2.32. The highest BCUT2D eigenvalue weighted by Crippen LogP contribution is 2.29. The maximum Gasteiger partial charge on any atom is 0.142 e. The fourth-order valence-electron chi connectivity index (χ4n) is 2.26. The molecule has 2 rings (SSSR count). The monoisotopic (exact) mass is 433 g/mol. The number of hydrogen-bond acceptors (Lipinski definition) is 1. The molecule has 0 saturated heterocycles. The summed E-state index contributed by atoms with van der Waals surface area (Å²) in [6, 6.07) is 11.1. The van der Waals surface area contributed by atoms with E-state index >= 15 is 0 Å². The SMILES string of the molecule is CCNC(Cc1cccc(F)c1Cl)c1cc(Br)cc(Br)c1. The Morgan fingerprint density at radius 1 is 1.19 bits per heavy atom.